The molecule has 2 aromatic heterocycles. The van der Waals surface area contributed by atoms with E-state index in [-0.39, 0.29) is 6.10 Å². The normalized spacial score (nSPS) is 12.4. The number of ether oxygens (including phenoxy) is 1. The number of fused-ring (bicyclic) bond motifs is 1. The van der Waals surface area contributed by atoms with Crippen molar-refractivity contribution in [3.05, 3.63) is 18.0 Å². The van der Waals surface area contributed by atoms with E-state index in [4.69, 9.17) is 4.74 Å². The molecule has 1 unspecified atom stereocenters. The summed E-state index contributed by atoms with van der Waals surface area (Å²) in [6.07, 6.45) is 3.63. The Kier molecular flexibility index (Phi) is 4.90. The molecule has 0 fully saturated rings. The third kappa shape index (κ3) is 3.21. The number of pyridine rings is 1. The number of aryl methyl sites for hydroxylation is 1. The number of aromatic nitrogens is 3. The van der Waals surface area contributed by atoms with Crippen LogP contribution in [0, 0.1) is 0 Å². The van der Waals surface area contributed by atoms with Crippen molar-refractivity contribution < 1.29 is 4.74 Å². The number of nitrogens with one attached hydrogen (secondary N) is 1. The highest BCUT2D eigenvalue weighted by Crippen LogP contribution is 2.31. The van der Waals surface area contributed by atoms with E-state index in [1.807, 2.05) is 51.7 Å². The highest BCUT2D eigenvalue weighted by Gasteiger charge is 2.17. The number of hydrazone groups is 1. The molecule has 0 saturated carbocycles. The molecule has 1 N–H and O–H groups in total. The molecule has 0 spiro atoms. The van der Waals surface area contributed by atoms with Crippen LogP contribution in [-0.4, -0.2) is 27.1 Å². The van der Waals surface area contributed by atoms with E-state index in [1.54, 1.807) is 0 Å². The van der Waals surface area contributed by atoms with E-state index in [0.717, 1.165) is 34.5 Å². The lowest BCUT2D eigenvalue weighted by atomic mass is 10.1. The van der Waals surface area contributed by atoms with Crippen LogP contribution < -0.4 is 5.43 Å². The maximum absolute atomic E-state index is 5.70. The minimum absolute atomic E-state index is 0.0493. The zero-order valence-electron chi connectivity index (χ0n) is 13.3. The van der Waals surface area contributed by atoms with Gasteiger partial charge >= 0.3 is 0 Å². The van der Waals surface area contributed by atoms with Crippen molar-refractivity contribution in [1.82, 2.24) is 14.8 Å². The van der Waals surface area contributed by atoms with Gasteiger partial charge < -0.3 is 4.74 Å². The van der Waals surface area contributed by atoms with Crippen molar-refractivity contribution in [2.24, 2.45) is 5.10 Å². The van der Waals surface area contributed by atoms with Gasteiger partial charge in [0.05, 0.1) is 23.4 Å². The van der Waals surface area contributed by atoms with Crippen LogP contribution in [0.1, 0.15) is 46.3 Å². The summed E-state index contributed by atoms with van der Waals surface area (Å²) in [7, 11) is 0. The van der Waals surface area contributed by atoms with Crippen LogP contribution in [0.25, 0.3) is 11.0 Å². The first-order valence-corrected chi connectivity index (χ1v) is 7.31. The molecule has 2 heterocycles. The van der Waals surface area contributed by atoms with Gasteiger partial charge in [-0.25, -0.2) is 9.67 Å². The molecule has 0 bridgehead atoms. The van der Waals surface area contributed by atoms with Gasteiger partial charge in [-0.15, -0.1) is 0 Å². The summed E-state index contributed by atoms with van der Waals surface area (Å²) in [6.45, 7) is 11.4. The van der Waals surface area contributed by atoms with Crippen LogP contribution in [0.2, 0.25) is 0 Å². The largest absolute Gasteiger partial charge is 0.374 e. The molecule has 0 aliphatic heterocycles. The molecule has 2 aromatic rings. The van der Waals surface area contributed by atoms with Gasteiger partial charge in [-0.1, -0.05) is 0 Å². The second-order valence-electron chi connectivity index (χ2n) is 5.05. The quantitative estimate of drug-likeness (QED) is 0.654. The average molecular weight is 289 g/mol. The Balaban J connectivity index is 2.56. The van der Waals surface area contributed by atoms with E-state index in [1.165, 1.54) is 0 Å². The zero-order chi connectivity index (χ0) is 15.4. The van der Waals surface area contributed by atoms with E-state index in [2.05, 4.69) is 20.6 Å². The molecule has 6 nitrogen and oxygen atoms in total. The maximum Gasteiger partial charge on any atom is 0.159 e. The second-order valence-corrected chi connectivity index (χ2v) is 5.05. The van der Waals surface area contributed by atoms with E-state index >= 15 is 0 Å². The van der Waals surface area contributed by atoms with Gasteiger partial charge in [-0.3, -0.25) is 5.43 Å². The van der Waals surface area contributed by atoms with Crippen LogP contribution in [0.4, 0.5) is 5.69 Å². The lowest BCUT2D eigenvalue weighted by molar-refractivity contribution is 0.0767. The van der Waals surface area contributed by atoms with Crippen LogP contribution in [0.5, 0.6) is 0 Å². The lowest BCUT2D eigenvalue weighted by Crippen LogP contribution is -2.06. The third-order valence-corrected chi connectivity index (χ3v) is 3.24. The van der Waals surface area contributed by atoms with Gasteiger partial charge in [-0.2, -0.15) is 10.2 Å². The van der Waals surface area contributed by atoms with Gasteiger partial charge in [0, 0.05) is 30.6 Å². The highest BCUT2D eigenvalue weighted by atomic mass is 16.5. The number of rotatable bonds is 6. The van der Waals surface area contributed by atoms with Crippen molar-refractivity contribution in [1.29, 1.82) is 0 Å². The van der Waals surface area contributed by atoms with E-state index in [0.29, 0.717) is 6.61 Å². The predicted octanol–water partition coefficient (Wildman–Crippen LogP) is 3.36. The second kappa shape index (κ2) is 6.67. The van der Waals surface area contributed by atoms with Crippen LogP contribution in [-0.2, 0) is 11.3 Å². The Morgan fingerprint density at radius 1 is 1.38 bits per heavy atom. The molecule has 0 aliphatic carbocycles. The molecule has 0 saturated heterocycles. The Morgan fingerprint density at radius 2 is 2.14 bits per heavy atom. The van der Waals surface area contributed by atoms with Crippen molar-refractivity contribution in [2.45, 2.75) is 47.3 Å². The molecular weight excluding hydrogens is 266 g/mol. The van der Waals surface area contributed by atoms with Gasteiger partial charge in [0.2, 0.25) is 0 Å². The number of anilines is 1. The Labute approximate surface area is 125 Å². The number of nitrogens with zero attached hydrogens (tertiary/aromatic N) is 4. The first-order chi connectivity index (χ1) is 10.1. The number of hydrogen-bond donors (Lipinski definition) is 1. The van der Waals surface area contributed by atoms with E-state index < -0.39 is 0 Å². The zero-order valence-corrected chi connectivity index (χ0v) is 13.3. The minimum Gasteiger partial charge on any atom is -0.374 e. The molecule has 1 atom stereocenters. The van der Waals surface area contributed by atoms with Crippen molar-refractivity contribution >= 4 is 22.4 Å². The summed E-state index contributed by atoms with van der Waals surface area (Å²) in [4.78, 5) is 4.54. The first-order valence-electron chi connectivity index (χ1n) is 7.31. The Morgan fingerprint density at radius 3 is 2.76 bits per heavy atom. The summed E-state index contributed by atoms with van der Waals surface area (Å²) >= 11 is 0. The molecule has 21 heavy (non-hydrogen) atoms. The Hall–Kier alpha value is -1.95. The Bertz CT molecular complexity index is 643. The van der Waals surface area contributed by atoms with Crippen molar-refractivity contribution in [3.8, 4) is 0 Å². The van der Waals surface area contributed by atoms with Crippen molar-refractivity contribution in [2.75, 3.05) is 12.0 Å². The first kappa shape index (κ1) is 15.4. The minimum atomic E-state index is -0.0493. The standard InChI is InChI=1S/C15H23N5O/c1-6-20-15-13(9-17-20)14(19-18-10(3)4)12(8-16-15)11(5)21-7-2/h8-9,11H,6-7H2,1-5H3,(H,16,19). The summed E-state index contributed by atoms with van der Waals surface area (Å²) in [5, 5.41) is 9.67. The molecule has 0 aromatic carbocycles. The topological polar surface area (TPSA) is 64.3 Å². The molecule has 114 valence electrons. The highest BCUT2D eigenvalue weighted by molar-refractivity contribution is 5.91. The molecule has 0 aliphatic rings. The van der Waals surface area contributed by atoms with Crippen LogP contribution in [0.15, 0.2) is 17.5 Å². The van der Waals surface area contributed by atoms with E-state index in [9.17, 15) is 0 Å². The molecule has 0 radical (unpaired) electrons. The summed E-state index contributed by atoms with van der Waals surface area (Å²) in [5.41, 5.74) is 6.87. The molecular formula is C15H23N5O. The third-order valence-electron chi connectivity index (χ3n) is 3.24. The van der Waals surface area contributed by atoms with Crippen LogP contribution in [0.3, 0.4) is 0 Å². The van der Waals surface area contributed by atoms with Gasteiger partial charge in [0.15, 0.2) is 5.65 Å². The lowest BCUT2D eigenvalue weighted by Gasteiger charge is -2.16. The van der Waals surface area contributed by atoms with Gasteiger partial charge in [0.1, 0.15) is 0 Å². The summed E-state index contributed by atoms with van der Waals surface area (Å²) < 4.78 is 7.57. The summed E-state index contributed by atoms with van der Waals surface area (Å²) in [5.74, 6) is 0. The fraction of sp³-hybridized carbons (Fsp3) is 0.533. The van der Waals surface area contributed by atoms with Crippen molar-refractivity contribution in [3.63, 3.8) is 0 Å². The van der Waals surface area contributed by atoms with Gasteiger partial charge in [0.25, 0.3) is 0 Å². The average Bonchev–Trinajstić information content (AvgIpc) is 2.87. The molecule has 0 amide bonds. The number of hydrogen-bond acceptors (Lipinski definition) is 5. The smallest absolute Gasteiger partial charge is 0.159 e. The SMILES string of the molecule is CCOC(C)c1cnc2c(cnn2CC)c1NN=C(C)C. The molecule has 2 rings (SSSR count). The maximum atomic E-state index is 5.70. The predicted molar refractivity (Wildman–Crippen MR) is 85.6 cm³/mol. The van der Waals surface area contributed by atoms with Gasteiger partial charge in [-0.05, 0) is 34.6 Å². The fourth-order valence-electron chi connectivity index (χ4n) is 2.21. The van der Waals surface area contributed by atoms with Crippen LogP contribution >= 0.6 is 0 Å². The monoisotopic (exact) mass is 289 g/mol. The summed E-state index contributed by atoms with van der Waals surface area (Å²) in [6, 6.07) is 0. The molecule has 6 heteroatoms. The fourth-order valence-corrected chi connectivity index (χ4v) is 2.21.